The van der Waals surface area contributed by atoms with Crippen LogP contribution in [0.25, 0.3) is 0 Å². The molecule has 0 atom stereocenters. The Balaban J connectivity index is 2.17. The van der Waals surface area contributed by atoms with Crippen LogP contribution in [0.3, 0.4) is 0 Å². The lowest BCUT2D eigenvalue weighted by Crippen LogP contribution is -2.26. The predicted molar refractivity (Wildman–Crippen MR) is 84.4 cm³/mol. The molecule has 0 aliphatic rings. The standard InChI is InChI=1S/C16H19NO2S/c1-11-9-13(12(2)20-11)15(18)10-17(3)14-7-5-6-8-16(14)19-4/h5-9H,10H2,1-4H3. The number of carbonyl (C=O) groups excluding carboxylic acids is 1. The van der Waals surface area contributed by atoms with Gasteiger partial charge >= 0.3 is 0 Å². The summed E-state index contributed by atoms with van der Waals surface area (Å²) < 4.78 is 5.33. The van der Waals surface area contributed by atoms with Gasteiger partial charge in [-0.3, -0.25) is 4.79 Å². The second-order valence-electron chi connectivity index (χ2n) is 4.78. The Hall–Kier alpha value is -1.81. The van der Waals surface area contributed by atoms with Gasteiger partial charge in [-0.25, -0.2) is 0 Å². The van der Waals surface area contributed by atoms with Crippen LogP contribution in [-0.4, -0.2) is 26.5 Å². The van der Waals surface area contributed by atoms with E-state index in [9.17, 15) is 4.79 Å². The van der Waals surface area contributed by atoms with Crippen LogP contribution in [-0.2, 0) is 0 Å². The molecule has 0 bridgehead atoms. The highest BCUT2D eigenvalue weighted by Gasteiger charge is 2.16. The normalized spacial score (nSPS) is 10.4. The molecule has 0 saturated heterocycles. The third-order valence-corrected chi connectivity index (χ3v) is 4.18. The van der Waals surface area contributed by atoms with Gasteiger partial charge in [-0.15, -0.1) is 11.3 Å². The van der Waals surface area contributed by atoms with Crippen LogP contribution in [0.4, 0.5) is 5.69 Å². The number of ketones is 1. The van der Waals surface area contributed by atoms with Crippen LogP contribution >= 0.6 is 11.3 Å². The average Bonchev–Trinajstić information content (AvgIpc) is 2.77. The van der Waals surface area contributed by atoms with Crippen molar-refractivity contribution in [2.45, 2.75) is 13.8 Å². The summed E-state index contributed by atoms with van der Waals surface area (Å²) in [6.45, 7) is 4.36. The summed E-state index contributed by atoms with van der Waals surface area (Å²) in [4.78, 5) is 16.6. The molecule has 20 heavy (non-hydrogen) atoms. The molecule has 1 aromatic heterocycles. The zero-order chi connectivity index (χ0) is 14.7. The minimum Gasteiger partial charge on any atom is -0.495 e. The number of aryl methyl sites for hydroxylation is 2. The molecule has 4 heteroatoms. The molecule has 0 amide bonds. The van der Waals surface area contributed by atoms with E-state index in [1.54, 1.807) is 18.4 Å². The Morgan fingerprint density at radius 2 is 2.00 bits per heavy atom. The molecule has 1 heterocycles. The van der Waals surface area contributed by atoms with Crippen molar-refractivity contribution in [1.82, 2.24) is 0 Å². The van der Waals surface area contributed by atoms with E-state index in [0.29, 0.717) is 6.54 Å². The van der Waals surface area contributed by atoms with Crippen LogP contribution < -0.4 is 9.64 Å². The third-order valence-electron chi connectivity index (χ3n) is 3.22. The van der Waals surface area contributed by atoms with Gasteiger partial charge in [0.1, 0.15) is 5.75 Å². The number of carbonyl (C=O) groups is 1. The van der Waals surface area contributed by atoms with E-state index in [4.69, 9.17) is 4.74 Å². The molecule has 0 fully saturated rings. The average molecular weight is 289 g/mol. The first-order valence-corrected chi connectivity index (χ1v) is 7.29. The maximum atomic E-state index is 12.4. The van der Waals surface area contributed by atoms with Crippen molar-refractivity contribution < 1.29 is 9.53 Å². The fraction of sp³-hybridized carbons (Fsp3) is 0.312. The van der Waals surface area contributed by atoms with Crippen molar-refractivity contribution in [3.63, 3.8) is 0 Å². The first-order chi connectivity index (χ1) is 9.52. The molecule has 0 unspecified atom stereocenters. The first kappa shape index (κ1) is 14.6. The summed E-state index contributed by atoms with van der Waals surface area (Å²) >= 11 is 1.66. The molecule has 1 aromatic carbocycles. The topological polar surface area (TPSA) is 29.5 Å². The molecule has 0 spiro atoms. The summed E-state index contributed by atoms with van der Waals surface area (Å²) in [7, 11) is 3.55. The van der Waals surface area contributed by atoms with Gasteiger partial charge in [-0.2, -0.15) is 0 Å². The zero-order valence-corrected chi connectivity index (χ0v) is 13.1. The molecule has 3 nitrogen and oxygen atoms in total. The number of ether oxygens (including phenoxy) is 1. The minimum absolute atomic E-state index is 0.139. The molecular formula is C16H19NO2S. The number of Topliss-reactive ketones (excluding diaryl/α,β-unsaturated/α-hetero) is 1. The lowest BCUT2D eigenvalue weighted by Gasteiger charge is -2.20. The quantitative estimate of drug-likeness (QED) is 0.786. The molecule has 2 aromatic rings. The molecule has 0 N–H and O–H groups in total. The summed E-state index contributed by atoms with van der Waals surface area (Å²) in [5.41, 5.74) is 1.75. The highest BCUT2D eigenvalue weighted by molar-refractivity contribution is 7.12. The highest BCUT2D eigenvalue weighted by Crippen LogP contribution is 2.27. The number of benzene rings is 1. The van der Waals surface area contributed by atoms with Crippen LogP contribution in [0.5, 0.6) is 5.75 Å². The van der Waals surface area contributed by atoms with E-state index in [1.807, 2.05) is 56.1 Å². The van der Waals surface area contributed by atoms with Crippen molar-refractivity contribution >= 4 is 22.8 Å². The van der Waals surface area contributed by atoms with Gasteiger partial charge < -0.3 is 9.64 Å². The summed E-state index contributed by atoms with van der Waals surface area (Å²) in [5, 5.41) is 0. The van der Waals surface area contributed by atoms with Crippen molar-refractivity contribution in [1.29, 1.82) is 0 Å². The van der Waals surface area contributed by atoms with Crippen molar-refractivity contribution in [3.05, 3.63) is 45.6 Å². The Bertz CT molecular complexity index is 619. The number of para-hydroxylation sites is 2. The van der Waals surface area contributed by atoms with Gasteiger partial charge in [0.25, 0.3) is 0 Å². The van der Waals surface area contributed by atoms with Crippen LogP contribution in [0.1, 0.15) is 20.1 Å². The lowest BCUT2D eigenvalue weighted by molar-refractivity contribution is 0.1000. The maximum Gasteiger partial charge on any atom is 0.183 e. The van der Waals surface area contributed by atoms with E-state index >= 15 is 0 Å². The number of rotatable bonds is 5. The molecular weight excluding hydrogens is 270 g/mol. The maximum absolute atomic E-state index is 12.4. The number of anilines is 1. The molecule has 106 valence electrons. The Morgan fingerprint density at radius 3 is 2.60 bits per heavy atom. The number of hydrogen-bond donors (Lipinski definition) is 0. The Morgan fingerprint density at radius 1 is 1.30 bits per heavy atom. The number of thiophene rings is 1. The number of hydrogen-bond acceptors (Lipinski definition) is 4. The zero-order valence-electron chi connectivity index (χ0n) is 12.3. The Labute approximate surface area is 123 Å². The molecule has 0 saturated carbocycles. The van der Waals surface area contributed by atoms with E-state index < -0.39 is 0 Å². The van der Waals surface area contributed by atoms with Crippen LogP contribution in [0.2, 0.25) is 0 Å². The third kappa shape index (κ3) is 3.02. The number of likely N-dealkylation sites (N-methyl/N-ethyl adjacent to an activating group) is 1. The second-order valence-corrected chi connectivity index (χ2v) is 6.24. The summed E-state index contributed by atoms with van der Waals surface area (Å²) in [5.74, 6) is 0.918. The van der Waals surface area contributed by atoms with Crippen LogP contribution in [0.15, 0.2) is 30.3 Å². The highest BCUT2D eigenvalue weighted by atomic mass is 32.1. The largest absolute Gasteiger partial charge is 0.495 e. The van der Waals surface area contributed by atoms with Crippen molar-refractivity contribution in [2.24, 2.45) is 0 Å². The van der Waals surface area contributed by atoms with Gasteiger partial charge in [0.15, 0.2) is 5.78 Å². The first-order valence-electron chi connectivity index (χ1n) is 6.47. The Kier molecular flexibility index (Phi) is 4.45. The summed E-state index contributed by atoms with van der Waals surface area (Å²) in [6.07, 6.45) is 0. The van der Waals surface area contributed by atoms with Gasteiger partial charge in [-0.05, 0) is 32.0 Å². The molecule has 0 aliphatic heterocycles. The molecule has 0 radical (unpaired) electrons. The fourth-order valence-electron chi connectivity index (χ4n) is 2.24. The predicted octanol–water partition coefficient (Wildman–Crippen LogP) is 3.69. The number of nitrogens with zero attached hydrogens (tertiary/aromatic N) is 1. The van der Waals surface area contributed by atoms with E-state index in [0.717, 1.165) is 21.9 Å². The van der Waals surface area contributed by atoms with E-state index in [2.05, 4.69) is 0 Å². The van der Waals surface area contributed by atoms with E-state index in [1.165, 1.54) is 4.88 Å². The van der Waals surface area contributed by atoms with Gasteiger partial charge in [0.05, 0.1) is 19.3 Å². The SMILES string of the molecule is COc1ccccc1N(C)CC(=O)c1cc(C)sc1C. The fourth-order valence-corrected chi connectivity index (χ4v) is 3.18. The number of methoxy groups -OCH3 is 1. The van der Waals surface area contributed by atoms with E-state index in [-0.39, 0.29) is 5.78 Å². The van der Waals surface area contributed by atoms with Crippen molar-refractivity contribution in [3.8, 4) is 5.75 Å². The van der Waals surface area contributed by atoms with Crippen LogP contribution in [0, 0.1) is 13.8 Å². The van der Waals surface area contributed by atoms with Gasteiger partial charge in [-0.1, -0.05) is 12.1 Å². The second kappa shape index (κ2) is 6.09. The smallest absolute Gasteiger partial charge is 0.183 e. The van der Waals surface area contributed by atoms with Crippen molar-refractivity contribution in [2.75, 3.05) is 25.6 Å². The minimum atomic E-state index is 0.139. The van der Waals surface area contributed by atoms with Gasteiger partial charge in [0, 0.05) is 22.4 Å². The summed E-state index contributed by atoms with van der Waals surface area (Å²) in [6, 6.07) is 9.69. The lowest BCUT2D eigenvalue weighted by atomic mass is 10.1. The molecule has 2 rings (SSSR count). The molecule has 0 aliphatic carbocycles. The monoisotopic (exact) mass is 289 g/mol. The van der Waals surface area contributed by atoms with Gasteiger partial charge in [0.2, 0.25) is 0 Å².